The molecule has 0 aliphatic heterocycles. The van der Waals surface area contributed by atoms with E-state index in [0.717, 1.165) is 32.1 Å². The van der Waals surface area contributed by atoms with E-state index < -0.39 is 6.09 Å². The molecule has 0 aromatic rings. The van der Waals surface area contributed by atoms with Crippen LogP contribution in [0.3, 0.4) is 0 Å². The average molecular weight is 422 g/mol. The van der Waals surface area contributed by atoms with Gasteiger partial charge >= 0.3 is 6.09 Å². The molecule has 0 fully saturated rings. The Hall–Kier alpha value is -1.25. The topological polar surface area (TPSA) is 40.5 Å². The summed E-state index contributed by atoms with van der Waals surface area (Å²) in [5.74, 6) is 0. The highest BCUT2D eigenvalue weighted by molar-refractivity contribution is 5.64. The fraction of sp³-hybridized carbons (Fsp3) is 0.815. The van der Waals surface area contributed by atoms with Crippen molar-refractivity contribution in [3.8, 4) is 0 Å². The largest absolute Gasteiger partial charge is 0.465 e. The molecule has 3 nitrogen and oxygen atoms in total. The summed E-state index contributed by atoms with van der Waals surface area (Å²) in [5, 5.41) is 9.35. The zero-order chi connectivity index (χ0) is 22.1. The van der Waals surface area contributed by atoms with Crippen molar-refractivity contribution in [3.05, 3.63) is 24.3 Å². The van der Waals surface area contributed by atoms with Crippen molar-refractivity contribution >= 4 is 6.09 Å². The number of amides is 1. The normalized spacial score (nSPS) is 11.7. The van der Waals surface area contributed by atoms with Crippen LogP contribution in [0.5, 0.6) is 0 Å². The minimum Gasteiger partial charge on any atom is -0.465 e. The molecule has 0 unspecified atom stereocenters. The first-order chi connectivity index (χ1) is 14.7. The highest BCUT2D eigenvalue weighted by atomic mass is 16.4. The Morgan fingerprint density at radius 2 is 1.00 bits per heavy atom. The van der Waals surface area contributed by atoms with Gasteiger partial charge in [0, 0.05) is 13.1 Å². The van der Waals surface area contributed by atoms with Gasteiger partial charge < -0.3 is 10.0 Å². The second kappa shape index (κ2) is 24.0. The molecule has 1 N–H and O–H groups in total. The lowest BCUT2D eigenvalue weighted by Gasteiger charge is -2.19. The number of rotatable bonds is 22. The van der Waals surface area contributed by atoms with Crippen LogP contribution in [0.2, 0.25) is 0 Å². The second-order valence-corrected chi connectivity index (χ2v) is 8.62. The van der Waals surface area contributed by atoms with E-state index in [9.17, 15) is 9.90 Å². The molecule has 0 saturated carbocycles. The summed E-state index contributed by atoms with van der Waals surface area (Å²) in [7, 11) is 0. The number of unbranched alkanes of at least 4 members (excludes halogenated alkanes) is 14. The van der Waals surface area contributed by atoms with E-state index in [1.807, 2.05) is 0 Å². The molecule has 0 aliphatic rings. The standard InChI is InChI=1S/C27H51NO2/c1-3-5-7-9-11-12-13-14-15-16-17-18-19-20-22-24-26-28(27(29)30)25-23-21-10-8-6-4-2/h11-12,14-15H,3-10,13,16-26H2,1-2H3,(H,29,30)/b12-11-,15-14-. The summed E-state index contributed by atoms with van der Waals surface area (Å²) >= 11 is 0. The second-order valence-electron chi connectivity index (χ2n) is 8.62. The van der Waals surface area contributed by atoms with E-state index in [1.54, 1.807) is 4.90 Å². The van der Waals surface area contributed by atoms with Crippen LogP contribution in [0.4, 0.5) is 4.79 Å². The van der Waals surface area contributed by atoms with Crippen LogP contribution in [-0.2, 0) is 0 Å². The maximum atomic E-state index is 11.4. The molecule has 3 heteroatoms. The molecule has 0 aliphatic carbocycles. The molecule has 0 radical (unpaired) electrons. The molecule has 176 valence electrons. The summed E-state index contributed by atoms with van der Waals surface area (Å²) in [6.07, 6.45) is 30.4. The molecule has 0 atom stereocenters. The van der Waals surface area contributed by atoms with Crippen molar-refractivity contribution in [1.82, 2.24) is 4.90 Å². The molecular weight excluding hydrogens is 370 g/mol. The maximum Gasteiger partial charge on any atom is 0.407 e. The van der Waals surface area contributed by atoms with Gasteiger partial charge in [-0.1, -0.05) is 109 Å². The Morgan fingerprint density at radius 1 is 0.600 bits per heavy atom. The van der Waals surface area contributed by atoms with E-state index in [4.69, 9.17) is 0 Å². The van der Waals surface area contributed by atoms with E-state index in [0.29, 0.717) is 13.1 Å². The van der Waals surface area contributed by atoms with Crippen LogP contribution in [0.15, 0.2) is 24.3 Å². The quantitative estimate of drug-likeness (QED) is 0.140. The van der Waals surface area contributed by atoms with Gasteiger partial charge in [0.2, 0.25) is 0 Å². The Balaban J connectivity index is 3.48. The molecule has 0 aromatic heterocycles. The van der Waals surface area contributed by atoms with Gasteiger partial charge in [-0.2, -0.15) is 0 Å². The molecule has 0 rings (SSSR count). The Labute approximate surface area is 188 Å². The van der Waals surface area contributed by atoms with Gasteiger partial charge in [-0.25, -0.2) is 4.79 Å². The number of nitrogens with zero attached hydrogens (tertiary/aromatic N) is 1. The van der Waals surface area contributed by atoms with Gasteiger partial charge in [0.05, 0.1) is 0 Å². The Morgan fingerprint density at radius 3 is 1.50 bits per heavy atom. The molecule has 0 saturated heterocycles. The van der Waals surface area contributed by atoms with Crippen molar-refractivity contribution < 1.29 is 9.90 Å². The lowest BCUT2D eigenvalue weighted by Crippen LogP contribution is -2.31. The summed E-state index contributed by atoms with van der Waals surface area (Å²) < 4.78 is 0. The van der Waals surface area contributed by atoms with Crippen LogP contribution in [-0.4, -0.2) is 29.2 Å². The molecular formula is C27H51NO2. The fourth-order valence-electron chi connectivity index (χ4n) is 3.68. The van der Waals surface area contributed by atoms with Crippen LogP contribution >= 0.6 is 0 Å². The lowest BCUT2D eigenvalue weighted by atomic mass is 10.1. The van der Waals surface area contributed by atoms with E-state index in [-0.39, 0.29) is 0 Å². The van der Waals surface area contributed by atoms with Gasteiger partial charge in [-0.3, -0.25) is 0 Å². The smallest absolute Gasteiger partial charge is 0.407 e. The summed E-state index contributed by atoms with van der Waals surface area (Å²) in [6, 6.07) is 0. The minimum atomic E-state index is -0.744. The molecule has 1 amide bonds. The Kier molecular flexibility index (Phi) is 23.0. The van der Waals surface area contributed by atoms with E-state index in [2.05, 4.69) is 38.2 Å². The fourth-order valence-corrected chi connectivity index (χ4v) is 3.68. The number of allylic oxidation sites excluding steroid dienone is 4. The first kappa shape index (κ1) is 28.8. The van der Waals surface area contributed by atoms with Crippen LogP contribution in [0.1, 0.15) is 129 Å². The predicted octanol–water partition coefficient (Wildman–Crippen LogP) is 9.14. The molecule has 0 bridgehead atoms. The molecule has 0 spiro atoms. The van der Waals surface area contributed by atoms with Crippen molar-refractivity contribution in [2.75, 3.05) is 13.1 Å². The van der Waals surface area contributed by atoms with Crippen LogP contribution < -0.4 is 0 Å². The Bertz CT molecular complexity index is 417. The van der Waals surface area contributed by atoms with E-state index in [1.165, 1.54) is 83.5 Å². The van der Waals surface area contributed by atoms with Crippen molar-refractivity contribution in [3.63, 3.8) is 0 Å². The molecule has 0 aromatic carbocycles. The van der Waals surface area contributed by atoms with Gasteiger partial charge in [0.15, 0.2) is 0 Å². The van der Waals surface area contributed by atoms with Gasteiger partial charge in [0.1, 0.15) is 0 Å². The lowest BCUT2D eigenvalue weighted by molar-refractivity contribution is 0.143. The zero-order valence-electron chi connectivity index (χ0n) is 20.3. The number of hydrogen-bond donors (Lipinski definition) is 1. The third-order valence-corrected chi connectivity index (χ3v) is 5.68. The third kappa shape index (κ3) is 21.5. The number of hydrogen-bond acceptors (Lipinski definition) is 1. The average Bonchev–Trinajstić information content (AvgIpc) is 2.74. The number of carboxylic acid groups (broad SMARTS) is 1. The first-order valence-electron chi connectivity index (χ1n) is 13.0. The van der Waals surface area contributed by atoms with Crippen LogP contribution in [0, 0.1) is 0 Å². The maximum absolute atomic E-state index is 11.4. The SMILES string of the molecule is CCCCC/C=C\C/C=C\CCCCCCCCN(CCCCCCCC)C(=O)O. The molecule has 30 heavy (non-hydrogen) atoms. The summed E-state index contributed by atoms with van der Waals surface area (Å²) in [4.78, 5) is 13.0. The monoisotopic (exact) mass is 421 g/mol. The van der Waals surface area contributed by atoms with Crippen LogP contribution in [0.25, 0.3) is 0 Å². The van der Waals surface area contributed by atoms with Gasteiger partial charge in [-0.05, 0) is 44.9 Å². The van der Waals surface area contributed by atoms with Crippen molar-refractivity contribution in [1.29, 1.82) is 0 Å². The summed E-state index contributed by atoms with van der Waals surface area (Å²) in [5.41, 5.74) is 0. The highest BCUT2D eigenvalue weighted by Crippen LogP contribution is 2.10. The van der Waals surface area contributed by atoms with Crippen molar-refractivity contribution in [2.45, 2.75) is 129 Å². The zero-order valence-corrected chi connectivity index (χ0v) is 20.3. The summed E-state index contributed by atoms with van der Waals surface area (Å²) in [6.45, 7) is 5.89. The van der Waals surface area contributed by atoms with E-state index >= 15 is 0 Å². The van der Waals surface area contributed by atoms with Crippen molar-refractivity contribution in [2.24, 2.45) is 0 Å². The van der Waals surface area contributed by atoms with Gasteiger partial charge in [0.25, 0.3) is 0 Å². The molecule has 0 heterocycles. The predicted molar refractivity (Wildman–Crippen MR) is 132 cm³/mol. The van der Waals surface area contributed by atoms with Gasteiger partial charge in [-0.15, -0.1) is 0 Å². The number of carbonyl (C=O) groups is 1. The third-order valence-electron chi connectivity index (χ3n) is 5.68. The minimum absolute atomic E-state index is 0.707. The highest BCUT2D eigenvalue weighted by Gasteiger charge is 2.10. The first-order valence-corrected chi connectivity index (χ1v) is 13.0.